The van der Waals surface area contributed by atoms with Gasteiger partial charge in [-0.2, -0.15) is 0 Å². The first-order valence-electron chi connectivity index (χ1n) is 7.79. The number of hydrogen-bond acceptors (Lipinski definition) is 2. The predicted octanol–water partition coefficient (Wildman–Crippen LogP) is 3.66. The van der Waals surface area contributed by atoms with E-state index in [0.29, 0.717) is 6.04 Å². The molecule has 1 aliphatic rings. The molecule has 0 aliphatic carbocycles. The minimum Gasteiger partial charge on any atom is -0.313 e. The van der Waals surface area contributed by atoms with Crippen LogP contribution in [-0.2, 0) is 13.1 Å². The van der Waals surface area contributed by atoms with Crippen molar-refractivity contribution in [3.63, 3.8) is 0 Å². The smallest absolute Gasteiger partial charge is 0.0363 e. The van der Waals surface area contributed by atoms with Crippen LogP contribution >= 0.6 is 0 Å². The molecule has 0 saturated carbocycles. The SMILES string of the molecule is Cc1ccccc1CN(C)C1CCNCc2ccccc21. The van der Waals surface area contributed by atoms with Gasteiger partial charge in [-0.1, -0.05) is 48.5 Å². The summed E-state index contributed by atoms with van der Waals surface area (Å²) in [4.78, 5) is 2.49. The highest BCUT2D eigenvalue weighted by molar-refractivity contribution is 5.32. The van der Waals surface area contributed by atoms with E-state index in [9.17, 15) is 0 Å². The van der Waals surface area contributed by atoms with Crippen LogP contribution in [0.4, 0.5) is 0 Å². The van der Waals surface area contributed by atoms with Gasteiger partial charge >= 0.3 is 0 Å². The maximum Gasteiger partial charge on any atom is 0.0363 e. The van der Waals surface area contributed by atoms with Crippen molar-refractivity contribution in [1.82, 2.24) is 10.2 Å². The molecule has 0 fully saturated rings. The highest BCUT2D eigenvalue weighted by Gasteiger charge is 2.22. The van der Waals surface area contributed by atoms with Gasteiger partial charge in [0.2, 0.25) is 0 Å². The lowest BCUT2D eigenvalue weighted by Gasteiger charge is -2.29. The highest BCUT2D eigenvalue weighted by Crippen LogP contribution is 2.29. The molecule has 0 radical (unpaired) electrons. The molecule has 2 aromatic carbocycles. The minimum absolute atomic E-state index is 0.496. The molecule has 110 valence electrons. The van der Waals surface area contributed by atoms with Crippen LogP contribution in [0.1, 0.15) is 34.7 Å². The average molecular weight is 280 g/mol. The van der Waals surface area contributed by atoms with E-state index < -0.39 is 0 Å². The number of fused-ring (bicyclic) bond motifs is 1. The maximum atomic E-state index is 3.54. The topological polar surface area (TPSA) is 15.3 Å². The van der Waals surface area contributed by atoms with Crippen LogP contribution in [0.25, 0.3) is 0 Å². The standard InChI is InChI=1S/C19H24N2/c1-15-7-3-4-9-17(15)14-21(2)19-11-12-20-13-16-8-5-6-10-18(16)19/h3-10,19-20H,11-14H2,1-2H3. The zero-order valence-electron chi connectivity index (χ0n) is 13.0. The molecular formula is C19H24N2. The van der Waals surface area contributed by atoms with Gasteiger partial charge in [-0.25, -0.2) is 0 Å². The summed E-state index contributed by atoms with van der Waals surface area (Å²) in [7, 11) is 2.25. The van der Waals surface area contributed by atoms with E-state index in [1.54, 1.807) is 0 Å². The molecule has 0 spiro atoms. The quantitative estimate of drug-likeness (QED) is 0.923. The van der Waals surface area contributed by atoms with Crippen molar-refractivity contribution in [2.75, 3.05) is 13.6 Å². The molecule has 2 heteroatoms. The van der Waals surface area contributed by atoms with Crippen LogP contribution in [-0.4, -0.2) is 18.5 Å². The van der Waals surface area contributed by atoms with Gasteiger partial charge in [-0.05, 0) is 49.2 Å². The Morgan fingerprint density at radius 3 is 2.71 bits per heavy atom. The second-order valence-corrected chi connectivity index (χ2v) is 6.02. The Balaban J connectivity index is 1.84. The Morgan fingerprint density at radius 2 is 1.86 bits per heavy atom. The number of benzene rings is 2. The molecule has 0 saturated heterocycles. The third-order valence-corrected chi connectivity index (χ3v) is 4.54. The second kappa shape index (κ2) is 6.42. The summed E-state index contributed by atoms with van der Waals surface area (Å²) in [5.74, 6) is 0. The fourth-order valence-corrected chi connectivity index (χ4v) is 3.26. The fourth-order valence-electron chi connectivity index (χ4n) is 3.26. The number of aryl methyl sites for hydroxylation is 1. The summed E-state index contributed by atoms with van der Waals surface area (Å²) in [5, 5.41) is 3.54. The second-order valence-electron chi connectivity index (χ2n) is 6.02. The summed E-state index contributed by atoms with van der Waals surface area (Å²) in [5.41, 5.74) is 5.73. The van der Waals surface area contributed by atoms with Gasteiger partial charge in [0, 0.05) is 19.1 Å². The Kier molecular flexibility index (Phi) is 4.37. The van der Waals surface area contributed by atoms with Crippen molar-refractivity contribution in [1.29, 1.82) is 0 Å². The largest absolute Gasteiger partial charge is 0.313 e. The van der Waals surface area contributed by atoms with E-state index in [0.717, 1.165) is 19.6 Å². The van der Waals surface area contributed by atoms with E-state index >= 15 is 0 Å². The Morgan fingerprint density at radius 1 is 1.10 bits per heavy atom. The van der Waals surface area contributed by atoms with Gasteiger partial charge < -0.3 is 5.32 Å². The van der Waals surface area contributed by atoms with E-state index in [4.69, 9.17) is 0 Å². The Labute approximate surface area is 127 Å². The monoisotopic (exact) mass is 280 g/mol. The van der Waals surface area contributed by atoms with Gasteiger partial charge in [0.25, 0.3) is 0 Å². The zero-order valence-corrected chi connectivity index (χ0v) is 13.0. The predicted molar refractivity (Wildman–Crippen MR) is 88.2 cm³/mol. The molecule has 1 atom stereocenters. The van der Waals surface area contributed by atoms with Gasteiger partial charge in [-0.15, -0.1) is 0 Å². The molecule has 1 N–H and O–H groups in total. The van der Waals surface area contributed by atoms with Crippen LogP contribution in [0.2, 0.25) is 0 Å². The van der Waals surface area contributed by atoms with Gasteiger partial charge in [0.05, 0.1) is 0 Å². The van der Waals surface area contributed by atoms with E-state index in [-0.39, 0.29) is 0 Å². The zero-order chi connectivity index (χ0) is 14.7. The average Bonchev–Trinajstić information content (AvgIpc) is 2.72. The first-order chi connectivity index (χ1) is 10.3. The van der Waals surface area contributed by atoms with E-state index in [2.05, 4.69) is 72.7 Å². The third-order valence-electron chi connectivity index (χ3n) is 4.54. The van der Waals surface area contributed by atoms with Gasteiger partial charge in [0.15, 0.2) is 0 Å². The van der Waals surface area contributed by atoms with Crippen LogP contribution in [0.5, 0.6) is 0 Å². The molecule has 0 bridgehead atoms. The molecule has 1 unspecified atom stereocenters. The van der Waals surface area contributed by atoms with Crippen LogP contribution in [0, 0.1) is 6.92 Å². The normalized spacial score (nSPS) is 18.3. The Bertz CT molecular complexity index is 606. The van der Waals surface area contributed by atoms with E-state index in [1.807, 2.05) is 0 Å². The number of hydrogen-bond donors (Lipinski definition) is 1. The summed E-state index contributed by atoms with van der Waals surface area (Å²) in [6.07, 6.45) is 1.17. The molecule has 1 heterocycles. The van der Waals surface area contributed by atoms with Crippen molar-refractivity contribution < 1.29 is 0 Å². The summed E-state index contributed by atoms with van der Waals surface area (Å²) in [6.45, 7) is 5.28. The highest BCUT2D eigenvalue weighted by atomic mass is 15.1. The molecule has 1 aliphatic heterocycles. The summed E-state index contributed by atoms with van der Waals surface area (Å²) >= 11 is 0. The molecule has 0 amide bonds. The molecular weight excluding hydrogens is 256 g/mol. The minimum atomic E-state index is 0.496. The van der Waals surface area contributed by atoms with Crippen molar-refractivity contribution >= 4 is 0 Å². The number of rotatable bonds is 3. The molecule has 21 heavy (non-hydrogen) atoms. The lowest BCUT2D eigenvalue weighted by Crippen LogP contribution is -2.26. The van der Waals surface area contributed by atoms with Crippen molar-refractivity contribution in [2.45, 2.75) is 32.5 Å². The van der Waals surface area contributed by atoms with Crippen molar-refractivity contribution in [2.24, 2.45) is 0 Å². The lowest BCUT2D eigenvalue weighted by atomic mass is 9.97. The third kappa shape index (κ3) is 3.17. The van der Waals surface area contributed by atoms with Gasteiger partial charge in [-0.3, -0.25) is 4.90 Å². The van der Waals surface area contributed by atoms with Crippen LogP contribution < -0.4 is 5.32 Å². The van der Waals surface area contributed by atoms with Crippen molar-refractivity contribution in [3.05, 3.63) is 70.8 Å². The molecule has 2 nitrogen and oxygen atoms in total. The number of nitrogens with one attached hydrogen (secondary N) is 1. The first kappa shape index (κ1) is 14.3. The molecule has 0 aromatic heterocycles. The molecule has 3 rings (SSSR count). The fraction of sp³-hybridized carbons (Fsp3) is 0.368. The van der Waals surface area contributed by atoms with Crippen LogP contribution in [0.3, 0.4) is 0 Å². The maximum absolute atomic E-state index is 3.54. The van der Waals surface area contributed by atoms with E-state index in [1.165, 1.54) is 28.7 Å². The first-order valence-corrected chi connectivity index (χ1v) is 7.79. The summed E-state index contributed by atoms with van der Waals surface area (Å²) < 4.78 is 0. The molecule has 2 aromatic rings. The van der Waals surface area contributed by atoms with Crippen molar-refractivity contribution in [3.8, 4) is 0 Å². The lowest BCUT2D eigenvalue weighted by molar-refractivity contribution is 0.226. The summed E-state index contributed by atoms with van der Waals surface area (Å²) in [6, 6.07) is 18.0. The number of nitrogens with zero attached hydrogens (tertiary/aromatic N) is 1. The Hall–Kier alpha value is -1.64. The van der Waals surface area contributed by atoms with Gasteiger partial charge in [0.1, 0.15) is 0 Å². The van der Waals surface area contributed by atoms with Crippen LogP contribution in [0.15, 0.2) is 48.5 Å².